The van der Waals surface area contributed by atoms with Crippen LogP contribution in [0.3, 0.4) is 0 Å². The minimum atomic E-state index is -0.601. The molecule has 1 atom stereocenters. The van der Waals surface area contributed by atoms with Gasteiger partial charge in [0.15, 0.2) is 0 Å². The summed E-state index contributed by atoms with van der Waals surface area (Å²) in [5.74, 6) is 0.640. The topological polar surface area (TPSA) is 29.5 Å². The van der Waals surface area contributed by atoms with Gasteiger partial charge in [-0.2, -0.15) is 0 Å². The summed E-state index contributed by atoms with van der Waals surface area (Å²) in [6, 6.07) is 9.49. The van der Waals surface area contributed by atoms with Gasteiger partial charge in [-0.25, -0.2) is 0 Å². The summed E-state index contributed by atoms with van der Waals surface area (Å²) < 4.78 is 5.24. The van der Waals surface area contributed by atoms with Gasteiger partial charge < -0.3 is 9.84 Å². The first-order valence-corrected chi connectivity index (χ1v) is 7.01. The minimum Gasteiger partial charge on any atom is -0.496 e. The number of hydrogen-bond donors (Lipinski definition) is 1. The van der Waals surface area contributed by atoms with Gasteiger partial charge in [0.05, 0.1) is 18.2 Å². The highest BCUT2D eigenvalue weighted by molar-refractivity contribution is 7.09. The average molecular weight is 283 g/mol. The summed E-state index contributed by atoms with van der Waals surface area (Å²) in [4.78, 5) is 1.26. The van der Waals surface area contributed by atoms with Crippen molar-refractivity contribution in [3.8, 4) is 5.75 Å². The van der Waals surface area contributed by atoms with Crippen molar-refractivity contribution >= 4 is 22.9 Å². The highest BCUT2D eigenvalue weighted by Crippen LogP contribution is 2.34. The lowest BCUT2D eigenvalue weighted by molar-refractivity contribution is 0.164. The third-order valence-corrected chi connectivity index (χ3v) is 4.08. The van der Waals surface area contributed by atoms with E-state index in [2.05, 4.69) is 6.07 Å². The van der Waals surface area contributed by atoms with Gasteiger partial charge >= 0.3 is 0 Å². The molecule has 1 aromatic carbocycles. The standard InChI is InChI=1S/C14H15ClO2S/c1-17-13-6-2-5-11(15)14(13)12(16)8-7-10-4-3-9-18-10/h2-6,9,12,16H,7-8H2,1H3. The van der Waals surface area contributed by atoms with E-state index in [0.29, 0.717) is 22.8 Å². The third-order valence-electron chi connectivity index (χ3n) is 2.81. The van der Waals surface area contributed by atoms with E-state index in [4.69, 9.17) is 16.3 Å². The molecule has 0 amide bonds. The van der Waals surface area contributed by atoms with E-state index in [-0.39, 0.29) is 0 Å². The van der Waals surface area contributed by atoms with Crippen molar-refractivity contribution in [2.75, 3.05) is 7.11 Å². The number of ether oxygens (including phenoxy) is 1. The molecule has 18 heavy (non-hydrogen) atoms. The van der Waals surface area contributed by atoms with Crippen LogP contribution in [0.25, 0.3) is 0 Å². The highest BCUT2D eigenvalue weighted by atomic mass is 35.5. The number of aryl methyl sites for hydroxylation is 1. The predicted octanol–water partition coefficient (Wildman–Crippen LogP) is 4.08. The van der Waals surface area contributed by atoms with Gasteiger partial charge in [0.25, 0.3) is 0 Å². The molecule has 1 N–H and O–H groups in total. The number of methoxy groups -OCH3 is 1. The molecular weight excluding hydrogens is 268 g/mol. The van der Waals surface area contributed by atoms with Crippen LogP contribution in [0.15, 0.2) is 35.7 Å². The Morgan fingerprint density at radius 3 is 2.83 bits per heavy atom. The van der Waals surface area contributed by atoms with Gasteiger partial charge in [0.1, 0.15) is 5.75 Å². The molecule has 2 rings (SSSR count). The Bertz CT molecular complexity index is 497. The van der Waals surface area contributed by atoms with Gasteiger partial charge in [-0.1, -0.05) is 23.7 Å². The summed E-state index contributed by atoms with van der Waals surface area (Å²) in [5, 5.41) is 12.8. The Labute approximate surface area is 116 Å². The highest BCUT2D eigenvalue weighted by Gasteiger charge is 2.16. The van der Waals surface area contributed by atoms with Crippen molar-refractivity contribution in [3.05, 3.63) is 51.2 Å². The average Bonchev–Trinajstić information content (AvgIpc) is 2.88. The predicted molar refractivity (Wildman–Crippen MR) is 75.6 cm³/mol. The van der Waals surface area contributed by atoms with Crippen LogP contribution in [0.2, 0.25) is 5.02 Å². The van der Waals surface area contributed by atoms with Crippen LogP contribution in [0.1, 0.15) is 23.0 Å². The van der Waals surface area contributed by atoms with Crippen LogP contribution in [0, 0.1) is 0 Å². The second kappa shape index (κ2) is 6.23. The molecule has 0 fully saturated rings. The molecule has 1 heterocycles. The lowest BCUT2D eigenvalue weighted by Gasteiger charge is -2.15. The zero-order valence-corrected chi connectivity index (χ0v) is 11.7. The Morgan fingerprint density at radius 2 is 2.17 bits per heavy atom. The van der Waals surface area contributed by atoms with Crippen LogP contribution in [-0.2, 0) is 6.42 Å². The molecule has 0 aliphatic heterocycles. The fraction of sp³-hybridized carbons (Fsp3) is 0.286. The summed E-state index contributed by atoms with van der Waals surface area (Å²) in [7, 11) is 1.58. The van der Waals surface area contributed by atoms with Crippen molar-refractivity contribution in [2.24, 2.45) is 0 Å². The van der Waals surface area contributed by atoms with E-state index < -0.39 is 6.10 Å². The molecule has 0 saturated heterocycles. The zero-order chi connectivity index (χ0) is 13.0. The van der Waals surface area contributed by atoms with Crippen LogP contribution in [0.4, 0.5) is 0 Å². The van der Waals surface area contributed by atoms with Crippen molar-refractivity contribution < 1.29 is 9.84 Å². The van der Waals surface area contributed by atoms with Gasteiger partial charge in [-0.05, 0) is 36.4 Å². The minimum absolute atomic E-state index is 0.549. The van der Waals surface area contributed by atoms with Crippen molar-refractivity contribution in [1.82, 2.24) is 0 Å². The monoisotopic (exact) mass is 282 g/mol. The smallest absolute Gasteiger partial charge is 0.126 e. The van der Waals surface area contributed by atoms with E-state index in [0.717, 1.165) is 6.42 Å². The van der Waals surface area contributed by atoms with Crippen LogP contribution < -0.4 is 4.74 Å². The molecule has 4 heteroatoms. The fourth-order valence-electron chi connectivity index (χ4n) is 1.90. The number of thiophene rings is 1. The van der Waals surface area contributed by atoms with E-state index in [1.165, 1.54) is 4.88 Å². The molecule has 0 aliphatic rings. The lowest BCUT2D eigenvalue weighted by atomic mass is 10.0. The maximum absolute atomic E-state index is 10.3. The third kappa shape index (κ3) is 3.05. The molecule has 96 valence electrons. The largest absolute Gasteiger partial charge is 0.496 e. The molecule has 2 nitrogen and oxygen atoms in total. The molecule has 0 spiro atoms. The Hall–Kier alpha value is -1.03. The first-order chi connectivity index (χ1) is 8.72. The molecule has 0 saturated carbocycles. The molecule has 1 unspecified atom stereocenters. The number of aliphatic hydroxyl groups is 1. The first kappa shape index (κ1) is 13.4. The van der Waals surface area contributed by atoms with Crippen LogP contribution >= 0.6 is 22.9 Å². The number of rotatable bonds is 5. The first-order valence-electron chi connectivity index (χ1n) is 5.75. The second-order valence-corrected chi connectivity index (χ2v) is 5.43. The van der Waals surface area contributed by atoms with Crippen molar-refractivity contribution in [1.29, 1.82) is 0 Å². The molecule has 2 aromatic rings. The summed E-state index contributed by atoms with van der Waals surface area (Å²) in [5.41, 5.74) is 0.679. The number of aliphatic hydroxyl groups excluding tert-OH is 1. The van der Waals surface area contributed by atoms with Gasteiger partial charge in [0, 0.05) is 10.4 Å². The molecule has 0 radical (unpaired) electrons. The Morgan fingerprint density at radius 1 is 1.33 bits per heavy atom. The second-order valence-electron chi connectivity index (χ2n) is 3.99. The number of halogens is 1. The summed E-state index contributed by atoms with van der Waals surface area (Å²) in [6.07, 6.45) is 0.879. The zero-order valence-electron chi connectivity index (χ0n) is 10.1. The summed E-state index contributed by atoms with van der Waals surface area (Å²) >= 11 is 7.83. The maximum Gasteiger partial charge on any atom is 0.126 e. The number of benzene rings is 1. The summed E-state index contributed by atoms with van der Waals surface area (Å²) in [6.45, 7) is 0. The van der Waals surface area contributed by atoms with Gasteiger partial charge in [0.2, 0.25) is 0 Å². The molecule has 1 aromatic heterocycles. The Balaban J connectivity index is 2.10. The quantitative estimate of drug-likeness (QED) is 0.895. The SMILES string of the molecule is COc1cccc(Cl)c1C(O)CCc1cccs1. The van der Waals surface area contributed by atoms with Crippen LogP contribution in [0.5, 0.6) is 5.75 Å². The Kier molecular flexibility index (Phi) is 4.64. The molecular formula is C14H15ClO2S. The lowest BCUT2D eigenvalue weighted by Crippen LogP contribution is -2.02. The van der Waals surface area contributed by atoms with E-state index >= 15 is 0 Å². The number of hydrogen-bond acceptors (Lipinski definition) is 3. The van der Waals surface area contributed by atoms with E-state index in [1.54, 1.807) is 24.5 Å². The van der Waals surface area contributed by atoms with E-state index in [9.17, 15) is 5.11 Å². The maximum atomic E-state index is 10.3. The van der Waals surface area contributed by atoms with Gasteiger partial charge in [-0.15, -0.1) is 11.3 Å². The van der Waals surface area contributed by atoms with Crippen LogP contribution in [-0.4, -0.2) is 12.2 Å². The van der Waals surface area contributed by atoms with Crippen molar-refractivity contribution in [3.63, 3.8) is 0 Å². The van der Waals surface area contributed by atoms with E-state index in [1.807, 2.05) is 23.6 Å². The van der Waals surface area contributed by atoms with Gasteiger partial charge in [-0.3, -0.25) is 0 Å². The fourth-order valence-corrected chi connectivity index (χ4v) is 2.91. The molecule has 0 aliphatic carbocycles. The normalized spacial score (nSPS) is 12.4. The van der Waals surface area contributed by atoms with Crippen molar-refractivity contribution in [2.45, 2.75) is 18.9 Å². The molecule has 0 bridgehead atoms.